The van der Waals surface area contributed by atoms with Gasteiger partial charge in [-0.1, -0.05) is 13.0 Å². The molecule has 2 N–H and O–H groups in total. The van der Waals surface area contributed by atoms with Crippen LogP contribution in [-0.2, 0) is 4.79 Å². The number of carbonyl (C=O) groups is 2. The number of carboxylic acids is 1. The highest BCUT2D eigenvalue weighted by Gasteiger charge is 2.17. The molecule has 2 unspecified atom stereocenters. The van der Waals surface area contributed by atoms with Gasteiger partial charge < -0.3 is 15.3 Å². The van der Waals surface area contributed by atoms with Crippen LogP contribution in [0.25, 0.3) is 0 Å². The summed E-state index contributed by atoms with van der Waals surface area (Å²) in [7, 11) is 1.79. The molecule has 1 rings (SSSR count). The predicted molar refractivity (Wildman–Crippen MR) is 84.5 cm³/mol. The maximum Gasteiger partial charge on any atom is 0.317 e. The molecule has 0 fully saturated rings. The van der Waals surface area contributed by atoms with Gasteiger partial charge in [0.05, 0.1) is 6.04 Å². The zero-order valence-electron chi connectivity index (χ0n) is 12.8. The van der Waals surface area contributed by atoms with Gasteiger partial charge in [-0.05, 0) is 37.1 Å². The third kappa shape index (κ3) is 6.16. The normalized spacial score (nSPS) is 13.5. The molecular formula is C15H24N2O3S. The van der Waals surface area contributed by atoms with E-state index in [1.807, 2.05) is 31.4 Å². The lowest BCUT2D eigenvalue weighted by Gasteiger charge is -2.24. The van der Waals surface area contributed by atoms with Crippen molar-refractivity contribution in [3.05, 3.63) is 22.4 Å². The van der Waals surface area contributed by atoms with Crippen LogP contribution >= 0.6 is 11.3 Å². The maximum absolute atomic E-state index is 12.1. The lowest BCUT2D eigenvalue weighted by molar-refractivity contribution is -0.137. The van der Waals surface area contributed by atoms with E-state index in [9.17, 15) is 9.59 Å². The molecule has 2 amide bonds. The van der Waals surface area contributed by atoms with Crippen molar-refractivity contribution in [1.82, 2.24) is 10.2 Å². The largest absolute Gasteiger partial charge is 0.481 e. The fourth-order valence-corrected chi connectivity index (χ4v) is 2.79. The topological polar surface area (TPSA) is 69.6 Å². The van der Waals surface area contributed by atoms with Crippen molar-refractivity contribution in [2.24, 2.45) is 5.92 Å². The van der Waals surface area contributed by atoms with Gasteiger partial charge in [-0.25, -0.2) is 4.79 Å². The molecule has 6 heteroatoms. The van der Waals surface area contributed by atoms with Crippen molar-refractivity contribution in [2.45, 2.75) is 39.2 Å². The maximum atomic E-state index is 12.1. The summed E-state index contributed by atoms with van der Waals surface area (Å²) in [4.78, 5) is 25.4. The van der Waals surface area contributed by atoms with Gasteiger partial charge in [0.2, 0.25) is 0 Å². The number of rotatable bonds is 8. The van der Waals surface area contributed by atoms with Gasteiger partial charge in [-0.2, -0.15) is 0 Å². The Morgan fingerprint density at radius 1 is 1.38 bits per heavy atom. The van der Waals surface area contributed by atoms with Crippen LogP contribution in [0.5, 0.6) is 0 Å². The molecule has 1 heterocycles. The van der Waals surface area contributed by atoms with Crippen LogP contribution in [-0.4, -0.2) is 35.6 Å². The highest BCUT2D eigenvalue weighted by atomic mass is 32.1. The van der Waals surface area contributed by atoms with Crippen molar-refractivity contribution in [1.29, 1.82) is 0 Å². The summed E-state index contributed by atoms with van der Waals surface area (Å²) in [6, 6.07) is 3.95. The number of carbonyl (C=O) groups excluding carboxylic acids is 1. The molecule has 0 aliphatic carbocycles. The summed E-state index contributed by atoms with van der Waals surface area (Å²) in [6.45, 7) is 4.58. The first-order valence-electron chi connectivity index (χ1n) is 7.17. The van der Waals surface area contributed by atoms with E-state index in [0.717, 1.165) is 11.3 Å². The van der Waals surface area contributed by atoms with Crippen molar-refractivity contribution >= 4 is 23.3 Å². The Bertz CT molecular complexity index is 448. The van der Waals surface area contributed by atoms with E-state index >= 15 is 0 Å². The number of amides is 2. The second-order valence-electron chi connectivity index (χ2n) is 5.36. The summed E-state index contributed by atoms with van der Waals surface area (Å²) in [5.41, 5.74) is 0. The second-order valence-corrected chi connectivity index (χ2v) is 6.34. The van der Waals surface area contributed by atoms with Crippen molar-refractivity contribution in [3.63, 3.8) is 0 Å². The Balaban J connectivity index is 2.28. The van der Waals surface area contributed by atoms with Gasteiger partial charge in [0.25, 0.3) is 0 Å². The van der Waals surface area contributed by atoms with E-state index < -0.39 is 5.97 Å². The lowest BCUT2D eigenvalue weighted by atomic mass is 10.0. The highest BCUT2D eigenvalue weighted by molar-refractivity contribution is 7.10. The molecule has 0 aromatic carbocycles. The Hall–Kier alpha value is -1.56. The Kier molecular flexibility index (Phi) is 7.22. The van der Waals surface area contributed by atoms with Crippen LogP contribution in [0.4, 0.5) is 4.79 Å². The first kappa shape index (κ1) is 17.5. The zero-order chi connectivity index (χ0) is 15.8. The Morgan fingerprint density at radius 3 is 2.67 bits per heavy atom. The first-order valence-corrected chi connectivity index (χ1v) is 8.05. The third-order valence-corrected chi connectivity index (χ3v) is 4.66. The number of carboxylic acid groups (broad SMARTS) is 1. The molecule has 0 aliphatic heterocycles. The minimum Gasteiger partial charge on any atom is -0.481 e. The van der Waals surface area contributed by atoms with Gasteiger partial charge in [0.1, 0.15) is 0 Å². The minimum absolute atomic E-state index is 0.0504. The molecule has 0 spiro atoms. The van der Waals surface area contributed by atoms with Gasteiger partial charge in [0, 0.05) is 24.9 Å². The highest BCUT2D eigenvalue weighted by Crippen LogP contribution is 2.23. The molecule has 0 aliphatic rings. The number of urea groups is 1. The summed E-state index contributed by atoms with van der Waals surface area (Å²) < 4.78 is 0. The van der Waals surface area contributed by atoms with E-state index in [4.69, 9.17) is 5.11 Å². The molecule has 0 radical (unpaired) electrons. The molecule has 5 nitrogen and oxygen atoms in total. The van der Waals surface area contributed by atoms with Gasteiger partial charge in [0.15, 0.2) is 0 Å². The molecule has 21 heavy (non-hydrogen) atoms. The van der Waals surface area contributed by atoms with Gasteiger partial charge >= 0.3 is 12.0 Å². The molecule has 0 saturated heterocycles. The van der Waals surface area contributed by atoms with Gasteiger partial charge in [-0.15, -0.1) is 11.3 Å². The fraction of sp³-hybridized carbons (Fsp3) is 0.600. The van der Waals surface area contributed by atoms with Gasteiger partial charge in [-0.3, -0.25) is 4.79 Å². The molecule has 0 bridgehead atoms. The number of nitrogens with zero attached hydrogens (tertiary/aromatic N) is 1. The van der Waals surface area contributed by atoms with Crippen LogP contribution < -0.4 is 5.32 Å². The summed E-state index contributed by atoms with van der Waals surface area (Å²) >= 11 is 1.64. The number of hydrogen-bond donors (Lipinski definition) is 2. The second kappa shape index (κ2) is 8.67. The van der Waals surface area contributed by atoms with E-state index in [1.165, 1.54) is 0 Å². The number of hydrogen-bond acceptors (Lipinski definition) is 3. The molecular weight excluding hydrogens is 288 g/mol. The van der Waals surface area contributed by atoms with E-state index in [1.54, 1.807) is 23.3 Å². The van der Waals surface area contributed by atoms with Crippen LogP contribution in [0.1, 0.15) is 44.0 Å². The smallest absolute Gasteiger partial charge is 0.317 e. The SMILES string of the molecule is CC(CCNC(=O)N(C)C(C)c1cccs1)CCC(=O)O. The first-order chi connectivity index (χ1) is 9.91. The lowest BCUT2D eigenvalue weighted by Crippen LogP contribution is -2.39. The van der Waals surface area contributed by atoms with Crippen molar-refractivity contribution in [3.8, 4) is 0 Å². The van der Waals surface area contributed by atoms with E-state index in [0.29, 0.717) is 18.9 Å². The summed E-state index contributed by atoms with van der Waals surface area (Å²) in [5, 5.41) is 13.5. The predicted octanol–water partition coefficient (Wildman–Crippen LogP) is 3.34. The average molecular weight is 312 g/mol. The van der Waals surface area contributed by atoms with Crippen LogP contribution in [0.15, 0.2) is 17.5 Å². The van der Waals surface area contributed by atoms with Crippen LogP contribution in [0.2, 0.25) is 0 Å². The van der Waals surface area contributed by atoms with Crippen LogP contribution in [0.3, 0.4) is 0 Å². The molecule has 1 aromatic heterocycles. The quantitative estimate of drug-likeness (QED) is 0.773. The third-order valence-electron chi connectivity index (χ3n) is 3.62. The fourth-order valence-electron chi connectivity index (χ4n) is 1.96. The molecule has 2 atom stereocenters. The van der Waals surface area contributed by atoms with E-state index in [-0.39, 0.29) is 18.5 Å². The van der Waals surface area contributed by atoms with Crippen molar-refractivity contribution in [2.75, 3.05) is 13.6 Å². The number of aliphatic carboxylic acids is 1. The van der Waals surface area contributed by atoms with Crippen molar-refractivity contribution < 1.29 is 14.7 Å². The zero-order valence-corrected chi connectivity index (χ0v) is 13.7. The molecule has 118 valence electrons. The van der Waals surface area contributed by atoms with Crippen LogP contribution in [0, 0.1) is 5.92 Å². The Morgan fingerprint density at radius 2 is 2.10 bits per heavy atom. The average Bonchev–Trinajstić information content (AvgIpc) is 2.97. The Labute approximate surface area is 130 Å². The molecule has 1 aromatic rings. The standard InChI is InChI=1S/C15H24N2O3S/c1-11(6-7-14(18)19)8-9-16-15(20)17(3)12(2)13-5-4-10-21-13/h4-5,10-12H,6-9H2,1-3H3,(H,16,20)(H,18,19). The van der Waals surface area contributed by atoms with E-state index in [2.05, 4.69) is 5.32 Å². The molecule has 0 saturated carbocycles. The number of nitrogens with one attached hydrogen (secondary N) is 1. The minimum atomic E-state index is -0.768. The summed E-state index contributed by atoms with van der Waals surface area (Å²) in [6.07, 6.45) is 1.62. The summed E-state index contributed by atoms with van der Waals surface area (Å²) in [5.74, 6) is -0.475. The number of thiophene rings is 1. The monoisotopic (exact) mass is 312 g/mol.